The summed E-state index contributed by atoms with van der Waals surface area (Å²) in [6.07, 6.45) is 1.58. The highest BCUT2D eigenvalue weighted by Crippen LogP contribution is 2.30. The van der Waals surface area contributed by atoms with Gasteiger partial charge in [0.2, 0.25) is 0 Å². The first-order valence-electron chi connectivity index (χ1n) is 8.02. The highest BCUT2D eigenvalue weighted by molar-refractivity contribution is 7.09. The highest BCUT2D eigenvalue weighted by Gasteiger charge is 2.22. The average Bonchev–Trinajstić information content (AvgIpc) is 3.18. The van der Waals surface area contributed by atoms with Crippen molar-refractivity contribution in [2.75, 3.05) is 0 Å². The van der Waals surface area contributed by atoms with Gasteiger partial charge in [-0.05, 0) is 5.56 Å². The molecule has 6 heteroatoms. The zero-order valence-corrected chi connectivity index (χ0v) is 15.3. The number of rotatable bonds is 5. The Hall–Kier alpha value is -2.05. The Kier molecular flexibility index (Phi) is 4.78. The lowest BCUT2D eigenvalue weighted by molar-refractivity contribution is 0.544. The fourth-order valence-electron chi connectivity index (χ4n) is 2.43. The molecule has 3 rings (SSSR count). The number of benzene rings is 1. The van der Waals surface area contributed by atoms with Gasteiger partial charge in [0.15, 0.2) is 0 Å². The average molecular weight is 341 g/mol. The summed E-state index contributed by atoms with van der Waals surface area (Å²) in [6, 6.07) is 10.5. The summed E-state index contributed by atoms with van der Waals surface area (Å²) in [5.41, 5.74) is 2.39. The van der Waals surface area contributed by atoms with E-state index in [4.69, 9.17) is 4.98 Å². The van der Waals surface area contributed by atoms with Crippen molar-refractivity contribution < 1.29 is 0 Å². The summed E-state index contributed by atoms with van der Waals surface area (Å²) >= 11 is 1.70. The predicted octanol–water partition coefficient (Wildman–Crippen LogP) is 3.45. The molecule has 1 atom stereocenters. The molecule has 0 amide bonds. The van der Waals surface area contributed by atoms with Crippen LogP contribution in [0.1, 0.15) is 48.9 Å². The van der Waals surface area contributed by atoms with Crippen LogP contribution in [0.5, 0.6) is 0 Å². The van der Waals surface area contributed by atoms with Crippen molar-refractivity contribution in [3.63, 3.8) is 0 Å². The minimum Gasteiger partial charge on any atom is -0.297 e. The van der Waals surface area contributed by atoms with Gasteiger partial charge in [-0.1, -0.05) is 51.1 Å². The van der Waals surface area contributed by atoms with Crippen LogP contribution >= 0.6 is 11.3 Å². The van der Waals surface area contributed by atoms with Gasteiger partial charge in [-0.2, -0.15) is 5.10 Å². The van der Waals surface area contributed by atoms with Crippen LogP contribution in [0.4, 0.5) is 0 Å². The summed E-state index contributed by atoms with van der Waals surface area (Å²) in [5, 5.41) is 11.0. The fourth-order valence-corrected chi connectivity index (χ4v) is 3.58. The first-order valence-corrected chi connectivity index (χ1v) is 8.90. The number of aryl methyl sites for hydroxylation is 1. The molecule has 1 aromatic carbocycles. The molecule has 0 bridgehead atoms. The number of thiazole rings is 1. The van der Waals surface area contributed by atoms with Crippen molar-refractivity contribution in [3.05, 3.63) is 64.1 Å². The number of nitrogens with zero attached hydrogens (tertiary/aromatic N) is 4. The van der Waals surface area contributed by atoms with Crippen LogP contribution in [0.3, 0.4) is 0 Å². The topological polar surface area (TPSA) is 55.6 Å². The van der Waals surface area contributed by atoms with Crippen LogP contribution in [0.2, 0.25) is 0 Å². The Bertz CT molecular complexity index is 785. The van der Waals surface area contributed by atoms with E-state index in [0.29, 0.717) is 6.54 Å². The van der Waals surface area contributed by atoms with Crippen molar-refractivity contribution in [1.29, 1.82) is 0 Å². The third-order valence-corrected chi connectivity index (χ3v) is 4.85. The summed E-state index contributed by atoms with van der Waals surface area (Å²) < 4.78 is 1.79. The maximum Gasteiger partial charge on any atom is 0.140 e. The monoisotopic (exact) mass is 341 g/mol. The van der Waals surface area contributed by atoms with Gasteiger partial charge in [0, 0.05) is 17.8 Å². The predicted molar refractivity (Wildman–Crippen MR) is 96.9 cm³/mol. The van der Waals surface area contributed by atoms with E-state index in [2.05, 4.69) is 65.8 Å². The van der Waals surface area contributed by atoms with Crippen LogP contribution in [0.15, 0.2) is 42.0 Å². The number of nitrogens with one attached hydrogen (secondary N) is 1. The van der Waals surface area contributed by atoms with E-state index >= 15 is 0 Å². The van der Waals surface area contributed by atoms with Crippen LogP contribution in [-0.2, 0) is 19.0 Å². The molecule has 3 aromatic rings. The van der Waals surface area contributed by atoms with E-state index in [1.807, 2.05) is 13.1 Å². The Morgan fingerprint density at radius 2 is 1.96 bits per heavy atom. The zero-order chi connectivity index (χ0) is 17.2. The van der Waals surface area contributed by atoms with E-state index in [-0.39, 0.29) is 11.5 Å². The Balaban J connectivity index is 1.88. The van der Waals surface area contributed by atoms with Crippen molar-refractivity contribution in [1.82, 2.24) is 25.1 Å². The molecule has 126 valence electrons. The lowest BCUT2D eigenvalue weighted by Gasteiger charge is -2.18. The smallest absolute Gasteiger partial charge is 0.140 e. The molecular weight excluding hydrogens is 318 g/mol. The van der Waals surface area contributed by atoms with Gasteiger partial charge in [0.05, 0.1) is 18.3 Å². The fraction of sp³-hybridized carbons (Fsp3) is 0.389. The zero-order valence-electron chi connectivity index (χ0n) is 14.5. The maximum absolute atomic E-state index is 4.89. The van der Waals surface area contributed by atoms with Crippen LogP contribution < -0.4 is 5.32 Å². The quantitative estimate of drug-likeness (QED) is 0.772. The summed E-state index contributed by atoms with van der Waals surface area (Å²) in [4.78, 5) is 9.19. The van der Waals surface area contributed by atoms with Crippen LogP contribution in [0, 0.1) is 0 Å². The van der Waals surface area contributed by atoms with Crippen LogP contribution in [0.25, 0.3) is 0 Å². The van der Waals surface area contributed by atoms with Crippen molar-refractivity contribution in [2.24, 2.45) is 7.05 Å². The second-order valence-corrected chi connectivity index (χ2v) is 7.74. The minimum atomic E-state index is 0.0454. The molecule has 0 saturated heterocycles. The molecule has 1 unspecified atom stereocenters. The normalized spacial score (nSPS) is 13.2. The second kappa shape index (κ2) is 6.83. The largest absolute Gasteiger partial charge is 0.297 e. The first-order chi connectivity index (χ1) is 11.4. The van der Waals surface area contributed by atoms with E-state index in [9.17, 15) is 0 Å². The van der Waals surface area contributed by atoms with Gasteiger partial charge >= 0.3 is 0 Å². The van der Waals surface area contributed by atoms with Crippen LogP contribution in [-0.4, -0.2) is 19.7 Å². The number of aromatic nitrogens is 4. The lowest BCUT2D eigenvalue weighted by atomic mass is 9.93. The van der Waals surface area contributed by atoms with E-state index in [1.165, 1.54) is 5.56 Å². The molecule has 0 radical (unpaired) electrons. The van der Waals surface area contributed by atoms with Gasteiger partial charge in [-0.25, -0.2) is 9.97 Å². The van der Waals surface area contributed by atoms with Gasteiger partial charge in [0.1, 0.15) is 17.2 Å². The summed E-state index contributed by atoms with van der Waals surface area (Å²) in [6.45, 7) is 7.21. The van der Waals surface area contributed by atoms with E-state index < -0.39 is 0 Å². The summed E-state index contributed by atoms with van der Waals surface area (Å²) in [7, 11) is 1.91. The standard InChI is InChI=1S/C18H23N5S/c1-18(2,3)14-11-24-17(22-14)16(13-8-6-5-7-9-13)19-10-15-20-12-21-23(15)4/h5-9,11-12,16,19H,10H2,1-4H3. The highest BCUT2D eigenvalue weighted by atomic mass is 32.1. The van der Waals surface area contributed by atoms with Crippen molar-refractivity contribution >= 4 is 11.3 Å². The molecule has 2 heterocycles. The Morgan fingerprint density at radius 1 is 1.21 bits per heavy atom. The number of hydrogen-bond donors (Lipinski definition) is 1. The van der Waals surface area contributed by atoms with E-state index in [1.54, 1.807) is 22.3 Å². The Morgan fingerprint density at radius 3 is 2.54 bits per heavy atom. The number of hydrogen-bond acceptors (Lipinski definition) is 5. The molecule has 24 heavy (non-hydrogen) atoms. The first kappa shape index (κ1) is 16.8. The third-order valence-electron chi connectivity index (χ3n) is 3.94. The molecule has 0 spiro atoms. The molecular formula is C18H23N5S. The molecule has 0 saturated carbocycles. The molecule has 0 aliphatic carbocycles. The molecule has 0 fully saturated rings. The van der Waals surface area contributed by atoms with Crippen molar-refractivity contribution in [2.45, 2.75) is 38.8 Å². The summed E-state index contributed by atoms with van der Waals surface area (Å²) in [5.74, 6) is 0.906. The SMILES string of the molecule is Cn1ncnc1CNC(c1ccccc1)c1nc(C(C)(C)C)cs1. The molecule has 5 nitrogen and oxygen atoms in total. The second-order valence-electron chi connectivity index (χ2n) is 6.85. The van der Waals surface area contributed by atoms with Gasteiger partial charge in [-0.15, -0.1) is 11.3 Å². The minimum absolute atomic E-state index is 0.0454. The molecule has 0 aliphatic rings. The lowest BCUT2D eigenvalue weighted by Crippen LogP contribution is -2.24. The molecule has 0 aliphatic heterocycles. The Labute approximate surface area is 146 Å². The maximum atomic E-state index is 4.89. The van der Waals surface area contributed by atoms with Crippen molar-refractivity contribution in [3.8, 4) is 0 Å². The molecule has 2 aromatic heterocycles. The van der Waals surface area contributed by atoms with Gasteiger partial charge in [-0.3, -0.25) is 10.00 Å². The third kappa shape index (κ3) is 3.71. The van der Waals surface area contributed by atoms with Gasteiger partial charge in [0.25, 0.3) is 0 Å². The molecule has 1 N–H and O–H groups in total. The van der Waals surface area contributed by atoms with Gasteiger partial charge < -0.3 is 0 Å². The van der Waals surface area contributed by atoms with E-state index in [0.717, 1.165) is 16.5 Å².